The zero-order chi connectivity index (χ0) is 13.0. The van der Waals surface area contributed by atoms with Gasteiger partial charge < -0.3 is 5.73 Å². The molecule has 1 aromatic carbocycles. The number of hydrogen-bond donors (Lipinski definition) is 1. The number of aryl methyl sites for hydroxylation is 1. The lowest BCUT2D eigenvalue weighted by atomic mass is 10.0. The minimum absolute atomic E-state index is 0.549. The highest BCUT2D eigenvalue weighted by Gasteiger charge is 2.12. The summed E-state index contributed by atoms with van der Waals surface area (Å²) in [6.45, 7) is 2.09. The zero-order valence-corrected chi connectivity index (χ0v) is 11.0. The van der Waals surface area contributed by atoms with E-state index in [1.54, 1.807) is 11.3 Å². The lowest BCUT2D eigenvalue weighted by Crippen LogP contribution is -2.01. The molecule has 0 spiro atoms. The fourth-order valence-corrected chi connectivity index (χ4v) is 2.81. The molecular weight excluding hydrogens is 240 g/mol. The molecule has 0 fully saturated rings. The summed E-state index contributed by atoms with van der Waals surface area (Å²) in [5, 5.41) is 11.3. The minimum atomic E-state index is 0.549. The lowest BCUT2D eigenvalue weighted by Gasteiger charge is -2.06. The van der Waals surface area contributed by atoms with Gasteiger partial charge in [0.25, 0.3) is 0 Å². The van der Waals surface area contributed by atoms with Crippen LogP contribution in [0.2, 0.25) is 0 Å². The van der Waals surface area contributed by atoms with Crippen molar-refractivity contribution in [3.63, 3.8) is 0 Å². The van der Waals surface area contributed by atoms with E-state index in [0.717, 1.165) is 16.9 Å². The van der Waals surface area contributed by atoms with Crippen LogP contribution in [0.4, 0.5) is 0 Å². The Kier molecular flexibility index (Phi) is 3.81. The fraction of sp³-hybridized carbons (Fsp3) is 0.133. The Morgan fingerprint density at radius 2 is 2.00 bits per heavy atom. The Bertz CT molecular complexity index is 603. The number of thiophene rings is 1. The van der Waals surface area contributed by atoms with Crippen LogP contribution in [0.3, 0.4) is 0 Å². The molecule has 2 rings (SSSR count). The van der Waals surface area contributed by atoms with Crippen LogP contribution in [0, 0.1) is 11.3 Å². The monoisotopic (exact) mass is 254 g/mol. The molecule has 18 heavy (non-hydrogen) atoms. The molecule has 0 aliphatic rings. The SMILES string of the molecule is CCc1ccsc1/C(N)=C(/C#N)c1ccccc1. The molecule has 0 aliphatic heterocycles. The van der Waals surface area contributed by atoms with E-state index < -0.39 is 0 Å². The van der Waals surface area contributed by atoms with Gasteiger partial charge in [-0.25, -0.2) is 0 Å². The van der Waals surface area contributed by atoms with Crippen molar-refractivity contribution in [2.45, 2.75) is 13.3 Å². The fourth-order valence-electron chi connectivity index (χ4n) is 1.85. The maximum Gasteiger partial charge on any atom is 0.102 e. The molecule has 0 unspecified atom stereocenters. The van der Waals surface area contributed by atoms with Crippen LogP contribution in [-0.2, 0) is 6.42 Å². The van der Waals surface area contributed by atoms with E-state index in [2.05, 4.69) is 19.1 Å². The molecule has 1 aromatic heterocycles. The highest BCUT2D eigenvalue weighted by Crippen LogP contribution is 2.28. The van der Waals surface area contributed by atoms with Crippen molar-refractivity contribution in [1.29, 1.82) is 5.26 Å². The molecular formula is C15H14N2S. The Labute approximate surface area is 111 Å². The van der Waals surface area contributed by atoms with Gasteiger partial charge in [-0.15, -0.1) is 11.3 Å². The number of nitriles is 1. The second kappa shape index (κ2) is 5.52. The van der Waals surface area contributed by atoms with Gasteiger partial charge in [0.1, 0.15) is 6.07 Å². The van der Waals surface area contributed by atoms with Gasteiger partial charge in [-0.3, -0.25) is 0 Å². The highest BCUT2D eigenvalue weighted by atomic mass is 32.1. The van der Waals surface area contributed by atoms with E-state index in [1.165, 1.54) is 5.56 Å². The van der Waals surface area contributed by atoms with E-state index in [0.29, 0.717) is 11.3 Å². The van der Waals surface area contributed by atoms with Gasteiger partial charge in [-0.05, 0) is 29.0 Å². The molecule has 0 aliphatic carbocycles. The Balaban J connectivity index is 2.55. The van der Waals surface area contributed by atoms with Crippen molar-refractivity contribution in [3.05, 3.63) is 57.8 Å². The number of hydrogen-bond acceptors (Lipinski definition) is 3. The third-order valence-corrected chi connectivity index (χ3v) is 3.81. The third-order valence-electron chi connectivity index (χ3n) is 2.82. The van der Waals surface area contributed by atoms with Gasteiger partial charge in [0.2, 0.25) is 0 Å². The Morgan fingerprint density at radius 3 is 2.61 bits per heavy atom. The van der Waals surface area contributed by atoms with Gasteiger partial charge >= 0.3 is 0 Å². The summed E-state index contributed by atoms with van der Waals surface area (Å²) in [5.41, 5.74) is 9.36. The summed E-state index contributed by atoms with van der Waals surface area (Å²) in [6, 6.07) is 13.8. The van der Waals surface area contributed by atoms with Crippen LogP contribution >= 0.6 is 11.3 Å². The maximum atomic E-state index is 9.33. The summed E-state index contributed by atoms with van der Waals surface area (Å²) in [5.74, 6) is 0. The summed E-state index contributed by atoms with van der Waals surface area (Å²) in [6.07, 6.45) is 0.924. The van der Waals surface area contributed by atoms with E-state index in [9.17, 15) is 5.26 Å². The van der Waals surface area contributed by atoms with Gasteiger partial charge in [-0.1, -0.05) is 37.3 Å². The second-order valence-electron chi connectivity index (χ2n) is 3.90. The first-order valence-corrected chi connectivity index (χ1v) is 6.68. The number of benzene rings is 1. The number of allylic oxidation sites excluding steroid dienone is 1. The van der Waals surface area contributed by atoms with Gasteiger partial charge in [0.05, 0.1) is 16.1 Å². The number of rotatable bonds is 3. The number of nitrogens with two attached hydrogens (primary N) is 1. The largest absolute Gasteiger partial charge is 0.396 e. The van der Waals surface area contributed by atoms with Crippen molar-refractivity contribution >= 4 is 22.6 Å². The molecule has 0 atom stereocenters. The van der Waals surface area contributed by atoms with Crippen LogP contribution in [0.15, 0.2) is 41.8 Å². The standard InChI is InChI=1S/C15H14N2S/c1-2-11-8-9-18-15(11)14(17)13(10-16)12-6-4-3-5-7-12/h3-9H,2,17H2,1H3/b14-13+. The summed E-state index contributed by atoms with van der Waals surface area (Å²) >= 11 is 1.59. The third kappa shape index (κ3) is 2.29. The molecule has 90 valence electrons. The molecule has 3 heteroatoms. The first-order chi connectivity index (χ1) is 8.77. The minimum Gasteiger partial charge on any atom is -0.396 e. The Morgan fingerprint density at radius 1 is 1.28 bits per heavy atom. The van der Waals surface area contributed by atoms with Crippen molar-refractivity contribution in [2.75, 3.05) is 0 Å². The van der Waals surface area contributed by atoms with E-state index in [4.69, 9.17) is 5.73 Å². The molecule has 2 aromatic rings. The van der Waals surface area contributed by atoms with Gasteiger partial charge in [0.15, 0.2) is 0 Å². The van der Waals surface area contributed by atoms with Crippen LogP contribution in [0.1, 0.15) is 22.9 Å². The van der Waals surface area contributed by atoms with E-state index in [-0.39, 0.29) is 0 Å². The zero-order valence-electron chi connectivity index (χ0n) is 10.2. The van der Waals surface area contributed by atoms with Crippen molar-refractivity contribution in [3.8, 4) is 6.07 Å². The van der Waals surface area contributed by atoms with Gasteiger partial charge in [0, 0.05) is 0 Å². The van der Waals surface area contributed by atoms with Crippen molar-refractivity contribution in [2.24, 2.45) is 5.73 Å². The molecule has 2 nitrogen and oxygen atoms in total. The van der Waals surface area contributed by atoms with E-state index >= 15 is 0 Å². The maximum absolute atomic E-state index is 9.33. The predicted octanol–water partition coefficient (Wildman–Crippen LogP) is 3.66. The molecule has 0 saturated heterocycles. The van der Waals surface area contributed by atoms with Crippen LogP contribution in [-0.4, -0.2) is 0 Å². The normalized spacial score (nSPS) is 11.8. The molecule has 0 bridgehead atoms. The quantitative estimate of drug-likeness (QED) is 0.850. The summed E-state index contributed by atoms with van der Waals surface area (Å²) < 4.78 is 0. The molecule has 0 radical (unpaired) electrons. The average Bonchev–Trinajstić information content (AvgIpc) is 2.89. The van der Waals surface area contributed by atoms with E-state index in [1.807, 2.05) is 35.7 Å². The summed E-state index contributed by atoms with van der Waals surface area (Å²) in [7, 11) is 0. The molecule has 0 amide bonds. The summed E-state index contributed by atoms with van der Waals surface area (Å²) in [4.78, 5) is 1.01. The molecule has 2 N–H and O–H groups in total. The van der Waals surface area contributed by atoms with Crippen LogP contribution in [0.5, 0.6) is 0 Å². The highest BCUT2D eigenvalue weighted by molar-refractivity contribution is 7.11. The first-order valence-electron chi connectivity index (χ1n) is 5.80. The molecule has 1 heterocycles. The lowest BCUT2D eigenvalue weighted by molar-refractivity contribution is 1.15. The first kappa shape index (κ1) is 12.4. The van der Waals surface area contributed by atoms with Gasteiger partial charge in [-0.2, -0.15) is 5.26 Å². The molecule has 0 saturated carbocycles. The smallest absolute Gasteiger partial charge is 0.102 e. The topological polar surface area (TPSA) is 49.8 Å². The van der Waals surface area contributed by atoms with Crippen LogP contribution in [0.25, 0.3) is 11.3 Å². The Hall–Kier alpha value is -2.05. The number of nitrogens with zero attached hydrogens (tertiary/aromatic N) is 1. The van der Waals surface area contributed by atoms with Crippen LogP contribution < -0.4 is 5.73 Å². The van der Waals surface area contributed by atoms with Crippen molar-refractivity contribution < 1.29 is 0 Å². The van der Waals surface area contributed by atoms with Crippen molar-refractivity contribution in [1.82, 2.24) is 0 Å². The average molecular weight is 254 g/mol. The predicted molar refractivity (Wildman–Crippen MR) is 76.8 cm³/mol. The second-order valence-corrected chi connectivity index (χ2v) is 4.81.